The molecule has 0 saturated carbocycles. The molecule has 0 aliphatic rings. The summed E-state index contributed by atoms with van der Waals surface area (Å²) in [4.78, 5) is 0.0834. The van der Waals surface area contributed by atoms with Crippen molar-refractivity contribution >= 4 is 0 Å². The van der Waals surface area contributed by atoms with Gasteiger partial charge in [-0.15, -0.1) is 0 Å². The molecule has 0 fully saturated rings. The lowest BCUT2D eigenvalue weighted by atomic mass is 10.1. The Bertz CT molecular complexity index is 1030. The van der Waals surface area contributed by atoms with E-state index in [-0.39, 0.29) is 4.90 Å². The molecule has 0 aliphatic carbocycles. The summed E-state index contributed by atoms with van der Waals surface area (Å²) in [6.07, 6.45) is -1.10. The summed E-state index contributed by atoms with van der Waals surface area (Å²) < 4.78 is 123. The lowest BCUT2D eigenvalue weighted by Crippen LogP contribution is -2.20. The molecule has 1 aromatic carbocycles. The van der Waals surface area contributed by atoms with Crippen LogP contribution in [0.5, 0.6) is 0 Å². The van der Waals surface area contributed by atoms with Gasteiger partial charge in [0.05, 0.1) is 21.8 Å². The SMILES string of the molecule is [2H]c1c([2H])c([2H])c(C(OC([2H])([2H])C([2H])([2H])N(C)C([2H])([2H])[2H])c2ccnn2C([2H])([2H])[2H])c([2H])c1[2H]. The van der Waals surface area contributed by atoms with Crippen LogP contribution in [0.4, 0.5) is 0 Å². The van der Waals surface area contributed by atoms with E-state index in [0.717, 1.165) is 19.3 Å². The average molecular weight is 274 g/mol. The van der Waals surface area contributed by atoms with Crippen LogP contribution in [0.25, 0.3) is 0 Å². The second-order valence-corrected chi connectivity index (χ2v) is 3.48. The highest BCUT2D eigenvalue weighted by molar-refractivity contribution is 5.25. The zero-order chi connectivity index (χ0) is 26.6. The molecular formula is C15H21N3O. The highest BCUT2D eigenvalue weighted by Crippen LogP contribution is 2.25. The first-order chi connectivity index (χ1) is 15.2. The van der Waals surface area contributed by atoms with Gasteiger partial charge in [-0.25, -0.2) is 0 Å². The second kappa shape index (κ2) is 6.50. The Kier molecular flexibility index (Phi) is 1.43. The minimum Gasteiger partial charge on any atom is -0.366 e. The van der Waals surface area contributed by atoms with Crippen molar-refractivity contribution in [1.82, 2.24) is 14.7 Å². The van der Waals surface area contributed by atoms with Crippen molar-refractivity contribution in [2.75, 3.05) is 27.1 Å². The maximum absolute atomic E-state index is 8.20. The smallest absolute Gasteiger partial charge is 0.124 e. The summed E-state index contributed by atoms with van der Waals surface area (Å²) in [6.45, 7) is -12.9. The zero-order valence-electron chi connectivity index (χ0n) is 25.0. The fourth-order valence-corrected chi connectivity index (χ4v) is 1.32. The number of ether oxygens (including phenoxy) is 1. The summed E-state index contributed by atoms with van der Waals surface area (Å²) >= 11 is 0. The standard InChI is InChI=1S/C15H21N3O/c1-17(2)11-12-19-15(13-7-5-4-6-8-13)14-9-10-16-18(14)3/h4-10,15H,11-12H2,1-3H3/i1D3,3D3,4D,5D,6D,7D,8D,11D2,12D2. The second-order valence-electron chi connectivity index (χ2n) is 3.48. The summed E-state index contributed by atoms with van der Waals surface area (Å²) in [5.41, 5.74) is -1.16. The molecule has 4 nitrogen and oxygen atoms in total. The van der Waals surface area contributed by atoms with E-state index in [1.54, 1.807) is 0 Å². The minimum absolute atomic E-state index is 0.0834. The predicted octanol–water partition coefficient (Wildman–Crippen LogP) is 2.09. The van der Waals surface area contributed by atoms with E-state index in [1.807, 2.05) is 0 Å². The Labute approximate surface area is 135 Å². The first-order valence-electron chi connectivity index (χ1n) is 12.7. The Morgan fingerprint density at radius 1 is 1.53 bits per heavy atom. The van der Waals surface area contributed by atoms with E-state index < -0.39 is 74.6 Å². The fourth-order valence-electron chi connectivity index (χ4n) is 1.32. The Morgan fingerprint density at radius 3 is 3.11 bits per heavy atom. The molecular weight excluding hydrogens is 238 g/mol. The summed E-state index contributed by atoms with van der Waals surface area (Å²) in [5, 5.41) is 3.63. The first kappa shape index (κ1) is 4.17. The molecule has 0 bridgehead atoms. The molecule has 0 spiro atoms. The number of likely N-dealkylation sites (N-methyl/N-ethyl adjacent to an activating group) is 1. The maximum Gasteiger partial charge on any atom is 0.124 e. The molecule has 0 N–H and O–H groups in total. The fraction of sp³-hybridized carbons (Fsp3) is 0.400. The van der Waals surface area contributed by atoms with E-state index in [2.05, 4.69) is 5.10 Å². The molecule has 1 unspecified atom stereocenters. The van der Waals surface area contributed by atoms with Gasteiger partial charge < -0.3 is 9.64 Å². The van der Waals surface area contributed by atoms with E-state index in [4.69, 9.17) is 25.3 Å². The third-order valence-corrected chi connectivity index (χ3v) is 2.11. The number of aromatic nitrogens is 2. The van der Waals surface area contributed by atoms with Crippen molar-refractivity contribution in [2.45, 2.75) is 6.10 Å². The van der Waals surface area contributed by atoms with Crippen LogP contribution in [0, 0.1) is 0 Å². The van der Waals surface area contributed by atoms with Crippen LogP contribution < -0.4 is 0 Å². The van der Waals surface area contributed by atoms with Crippen LogP contribution in [0.2, 0.25) is 0 Å². The molecule has 2 aromatic rings. The van der Waals surface area contributed by atoms with Crippen LogP contribution in [0.15, 0.2) is 42.5 Å². The molecule has 2 rings (SSSR count). The van der Waals surface area contributed by atoms with Gasteiger partial charge in [-0.1, -0.05) is 30.2 Å². The molecule has 0 amide bonds. The van der Waals surface area contributed by atoms with Gasteiger partial charge >= 0.3 is 0 Å². The Hall–Kier alpha value is -1.65. The molecule has 102 valence electrons. The van der Waals surface area contributed by atoms with Gasteiger partial charge in [-0.05, 0) is 25.7 Å². The van der Waals surface area contributed by atoms with Gasteiger partial charge in [-0.2, -0.15) is 5.10 Å². The van der Waals surface area contributed by atoms with Crippen LogP contribution in [-0.2, 0) is 11.7 Å². The quantitative estimate of drug-likeness (QED) is 0.808. The van der Waals surface area contributed by atoms with Crippen LogP contribution in [0.1, 0.15) is 37.9 Å². The van der Waals surface area contributed by atoms with Gasteiger partial charge in [0.25, 0.3) is 0 Å². The van der Waals surface area contributed by atoms with Crippen LogP contribution >= 0.6 is 0 Å². The highest BCUT2D eigenvalue weighted by atomic mass is 16.5. The van der Waals surface area contributed by atoms with Crippen molar-refractivity contribution in [3.05, 3.63) is 53.7 Å². The lowest BCUT2D eigenvalue weighted by Gasteiger charge is -2.20. The Balaban J connectivity index is 2.83. The van der Waals surface area contributed by atoms with Crippen molar-refractivity contribution in [1.29, 1.82) is 0 Å². The predicted molar refractivity (Wildman–Crippen MR) is 76.0 cm³/mol. The van der Waals surface area contributed by atoms with Crippen molar-refractivity contribution < 1.29 is 25.3 Å². The molecule has 0 saturated heterocycles. The molecule has 1 atom stereocenters. The number of aryl methyl sites for hydroxylation is 1. The van der Waals surface area contributed by atoms with Gasteiger partial charge in [0.2, 0.25) is 0 Å². The average Bonchev–Trinajstić information content (AvgIpc) is 3.19. The Morgan fingerprint density at radius 2 is 2.37 bits per heavy atom. The first-order valence-corrected chi connectivity index (χ1v) is 5.19. The van der Waals surface area contributed by atoms with Gasteiger partial charge in [-0.3, -0.25) is 4.68 Å². The van der Waals surface area contributed by atoms with Gasteiger partial charge in [0.1, 0.15) is 6.10 Å². The number of hydrogen-bond donors (Lipinski definition) is 0. The third kappa shape index (κ3) is 3.66. The lowest BCUT2D eigenvalue weighted by molar-refractivity contribution is 0.0638. The molecule has 19 heavy (non-hydrogen) atoms. The third-order valence-electron chi connectivity index (χ3n) is 2.11. The molecule has 0 radical (unpaired) electrons. The molecule has 4 heteroatoms. The largest absolute Gasteiger partial charge is 0.366 e. The maximum atomic E-state index is 8.20. The highest BCUT2D eigenvalue weighted by Gasteiger charge is 2.17. The molecule has 1 aromatic heterocycles. The van der Waals surface area contributed by atoms with E-state index >= 15 is 0 Å². The van der Waals surface area contributed by atoms with Crippen molar-refractivity contribution in [2.24, 2.45) is 6.98 Å². The number of nitrogens with zero attached hydrogens (tertiary/aromatic N) is 3. The minimum atomic E-state index is -3.51. The van der Waals surface area contributed by atoms with E-state index in [0.29, 0.717) is 4.68 Å². The monoisotopic (exact) mass is 274 g/mol. The van der Waals surface area contributed by atoms with Crippen molar-refractivity contribution in [3.8, 4) is 0 Å². The summed E-state index contributed by atoms with van der Waals surface area (Å²) in [7, 11) is 0.778. The van der Waals surface area contributed by atoms with Gasteiger partial charge in [0, 0.05) is 30.6 Å². The zero-order valence-corrected chi connectivity index (χ0v) is 9.98. The number of benzene rings is 1. The normalized spacial score (nSPS) is 27.2. The van der Waals surface area contributed by atoms with Crippen molar-refractivity contribution in [3.63, 3.8) is 0 Å². The number of hydrogen-bond acceptors (Lipinski definition) is 3. The molecule has 1 heterocycles. The van der Waals surface area contributed by atoms with Gasteiger partial charge in [0.15, 0.2) is 0 Å². The molecule has 0 aliphatic heterocycles. The van der Waals surface area contributed by atoms with Crippen LogP contribution in [0.3, 0.4) is 0 Å². The summed E-state index contributed by atoms with van der Waals surface area (Å²) in [6, 6.07) is -3.09. The topological polar surface area (TPSA) is 30.3 Å². The van der Waals surface area contributed by atoms with Crippen LogP contribution in [-0.4, -0.2) is 41.8 Å². The summed E-state index contributed by atoms with van der Waals surface area (Å²) in [5.74, 6) is 0. The van der Waals surface area contributed by atoms with E-state index in [9.17, 15) is 0 Å². The van der Waals surface area contributed by atoms with E-state index in [1.165, 1.54) is 0 Å². The number of rotatable bonds is 6.